The molecule has 2 saturated heterocycles. The van der Waals surface area contributed by atoms with Gasteiger partial charge in [-0.15, -0.1) is 0 Å². The van der Waals surface area contributed by atoms with Crippen molar-refractivity contribution in [1.82, 2.24) is 15.1 Å². The SMILES string of the molecule is CC(C)(C)OC(=O)N1CCN([C@@H]2CCN(c3ccc(C(=O)NC4C(C)(C)C(Oc5ccc(C#N)c(Cl)c5)C4(C)C)cc3)C2)CC1. The lowest BCUT2D eigenvalue weighted by Gasteiger charge is -2.63. The number of rotatable bonds is 6. The van der Waals surface area contributed by atoms with E-state index in [1.165, 1.54) is 0 Å². The van der Waals surface area contributed by atoms with Crippen LogP contribution in [0.5, 0.6) is 5.75 Å². The molecule has 2 aromatic rings. The Labute approximate surface area is 272 Å². The maximum Gasteiger partial charge on any atom is 0.410 e. The van der Waals surface area contributed by atoms with Gasteiger partial charge in [-0.3, -0.25) is 9.69 Å². The summed E-state index contributed by atoms with van der Waals surface area (Å²) < 4.78 is 11.9. The molecule has 1 aliphatic carbocycles. The third kappa shape index (κ3) is 6.87. The van der Waals surface area contributed by atoms with Gasteiger partial charge in [-0.1, -0.05) is 39.3 Å². The quantitative estimate of drug-likeness (QED) is 0.419. The zero-order valence-corrected chi connectivity index (χ0v) is 28.3. The van der Waals surface area contributed by atoms with Gasteiger partial charge in [0.05, 0.1) is 10.6 Å². The lowest BCUT2D eigenvalue weighted by molar-refractivity contribution is -0.164. The second-order valence-corrected chi connectivity index (χ2v) is 15.1. The molecule has 0 radical (unpaired) electrons. The van der Waals surface area contributed by atoms with Crippen molar-refractivity contribution in [1.29, 1.82) is 5.26 Å². The number of nitriles is 1. The van der Waals surface area contributed by atoms with Crippen molar-refractivity contribution in [3.63, 3.8) is 0 Å². The number of hydrogen-bond donors (Lipinski definition) is 1. The van der Waals surface area contributed by atoms with E-state index in [1.807, 2.05) is 49.9 Å². The standard InChI is InChI=1S/C35H46ClN5O4/c1-33(2,3)45-32(43)40-18-16-39(17-19-40)26-14-15-41(22-26)25-11-8-23(9-12-25)29(42)38-30-34(4,5)31(35(30,6)7)44-27-13-10-24(21-37)28(36)20-27/h8-13,20,26,30-31H,14-19,22H2,1-7H3,(H,38,42)/t26-,30?,31?/m1/s1. The zero-order chi connectivity index (χ0) is 32.7. The minimum absolute atomic E-state index is 0.102. The van der Waals surface area contributed by atoms with E-state index in [0.717, 1.165) is 38.3 Å². The summed E-state index contributed by atoms with van der Waals surface area (Å²) in [5.41, 5.74) is 1.00. The smallest absolute Gasteiger partial charge is 0.410 e. The van der Waals surface area contributed by atoms with E-state index in [2.05, 4.69) is 48.9 Å². The molecule has 0 bridgehead atoms. The first-order chi connectivity index (χ1) is 21.1. The normalized spacial score (nSPS) is 24.4. The number of anilines is 1. The number of halogens is 1. The van der Waals surface area contributed by atoms with E-state index in [1.54, 1.807) is 18.2 Å². The van der Waals surface area contributed by atoms with Gasteiger partial charge in [-0.25, -0.2) is 4.79 Å². The zero-order valence-electron chi connectivity index (χ0n) is 27.5. The Bertz CT molecular complexity index is 1440. The van der Waals surface area contributed by atoms with E-state index in [9.17, 15) is 14.9 Å². The summed E-state index contributed by atoms with van der Waals surface area (Å²) in [6.07, 6.45) is 0.675. The van der Waals surface area contributed by atoms with Crippen LogP contribution in [0, 0.1) is 22.2 Å². The lowest BCUT2D eigenvalue weighted by Crippen LogP contribution is -2.74. The van der Waals surface area contributed by atoms with E-state index in [0.29, 0.717) is 41.0 Å². The summed E-state index contributed by atoms with van der Waals surface area (Å²) in [4.78, 5) is 32.5. The monoisotopic (exact) mass is 635 g/mol. The number of carbonyl (C=O) groups is 2. The first-order valence-electron chi connectivity index (χ1n) is 15.8. The van der Waals surface area contributed by atoms with E-state index >= 15 is 0 Å². The Kier molecular flexibility index (Phi) is 9.05. The summed E-state index contributed by atoms with van der Waals surface area (Å²) in [6, 6.07) is 15.4. The highest BCUT2D eigenvalue weighted by atomic mass is 35.5. The molecule has 45 heavy (non-hydrogen) atoms. The van der Waals surface area contributed by atoms with Gasteiger partial charge in [0, 0.05) is 79.5 Å². The molecule has 3 aliphatic rings. The maximum absolute atomic E-state index is 13.4. The molecule has 2 aromatic carbocycles. The average Bonchev–Trinajstić information content (AvgIpc) is 3.48. The highest BCUT2D eigenvalue weighted by Gasteiger charge is 2.64. The number of piperazine rings is 1. The molecule has 3 fully saturated rings. The van der Waals surface area contributed by atoms with Crippen LogP contribution < -0.4 is 15.0 Å². The number of benzene rings is 2. The average molecular weight is 636 g/mol. The molecule has 2 amide bonds. The minimum Gasteiger partial charge on any atom is -0.489 e. The van der Waals surface area contributed by atoms with E-state index in [4.69, 9.17) is 21.1 Å². The number of carbonyl (C=O) groups excluding carboxylic acids is 2. The van der Waals surface area contributed by atoms with Crippen LogP contribution in [-0.2, 0) is 4.74 Å². The van der Waals surface area contributed by atoms with Crippen molar-refractivity contribution in [2.75, 3.05) is 44.2 Å². The molecule has 242 valence electrons. The van der Waals surface area contributed by atoms with Crippen LogP contribution in [0.15, 0.2) is 42.5 Å². The van der Waals surface area contributed by atoms with Gasteiger partial charge in [-0.2, -0.15) is 5.26 Å². The fourth-order valence-electron chi connectivity index (χ4n) is 7.50. The van der Waals surface area contributed by atoms with Gasteiger partial charge >= 0.3 is 6.09 Å². The van der Waals surface area contributed by atoms with Crippen molar-refractivity contribution in [3.05, 3.63) is 58.6 Å². The molecular weight excluding hydrogens is 590 g/mol. The highest BCUT2D eigenvalue weighted by molar-refractivity contribution is 6.31. The fraction of sp³-hybridized carbons (Fsp3) is 0.571. The Balaban J connectivity index is 1.13. The number of amides is 2. The molecule has 2 aliphatic heterocycles. The predicted molar refractivity (Wildman–Crippen MR) is 176 cm³/mol. The third-order valence-electron chi connectivity index (χ3n) is 9.57. The largest absolute Gasteiger partial charge is 0.489 e. The summed E-state index contributed by atoms with van der Waals surface area (Å²) in [7, 11) is 0. The van der Waals surface area contributed by atoms with E-state index < -0.39 is 5.60 Å². The van der Waals surface area contributed by atoms with Crippen LogP contribution in [0.3, 0.4) is 0 Å². The molecule has 1 saturated carbocycles. The Morgan fingerprint density at radius 3 is 2.20 bits per heavy atom. The third-order valence-corrected chi connectivity index (χ3v) is 9.88. The lowest BCUT2D eigenvalue weighted by atomic mass is 9.49. The van der Waals surface area contributed by atoms with Gasteiger partial charge in [0.2, 0.25) is 0 Å². The van der Waals surface area contributed by atoms with Gasteiger partial charge in [0.1, 0.15) is 23.5 Å². The topological polar surface area (TPSA) is 98.1 Å². The first-order valence-corrected chi connectivity index (χ1v) is 16.2. The van der Waals surface area contributed by atoms with Crippen LogP contribution >= 0.6 is 11.6 Å². The van der Waals surface area contributed by atoms with Crippen LogP contribution in [0.1, 0.15) is 70.8 Å². The Morgan fingerprint density at radius 1 is 0.978 bits per heavy atom. The van der Waals surface area contributed by atoms with Crippen molar-refractivity contribution in [2.45, 2.75) is 78.7 Å². The van der Waals surface area contributed by atoms with Gasteiger partial charge in [-0.05, 0) is 63.6 Å². The second kappa shape index (κ2) is 12.4. The number of hydrogen-bond acceptors (Lipinski definition) is 7. The van der Waals surface area contributed by atoms with Gasteiger partial charge in [0.25, 0.3) is 5.91 Å². The molecule has 10 heteroatoms. The summed E-state index contributed by atoms with van der Waals surface area (Å²) in [5, 5.41) is 12.8. The molecule has 5 rings (SSSR count). The van der Waals surface area contributed by atoms with Gasteiger partial charge in [0.15, 0.2) is 0 Å². The van der Waals surface area contributed by atoms with Gasteiger partial charge < -0.3 is 24.6 Å². The van der Waals surface area contributed by atoms with Crippen LogP contribution in [0.25, 0.3) is 0 Å². The molecule has 9 nitrogen and oxygen atoms in total. The fourth-order valence-corrected chi connectivity index (χ4v) is 7.72. The van der Waals surface area contributed by atoms with Crippen LogP contribution in [-0.4, -0.2) is 84.9 Å². The van der Waals surface area contributed by atoms with Crippen LogP contribution in [0.4, 0.5) is 10.5 Å². The molecule has 1 atom stereocenters. The molecule has 0 aromatic heterocycles. The molecule has 0 unspecified atom stereocenters. The minimum atomic E-state index is -0.484. The molecule has 2 heterocycles. The van der Waals surface area contributed by atoms with Crippen LogP contribution in [0.2, 0.25) is 5.02 Å². The first kappa shape index (κ1) is 32.9. The van der Waals surface area contributed by atoms with Crippen molar-refractivity contribution in [3.8, 4) is 11.8 Å². The number of nitrogens with one attached hydrogen (secondary N) is 1. The van der Waals surface area contributed by atoms with Crippen molar-refractivity contribution >= 4 is 29.3 Å². The van der Waals surface area contributed by atoms with Crippen molar-refractivity contribution in [2.24, 2.45) is 10.8 Å². The summed E-state index contributed by atoms with van der Waals surface area (Å²) >= 11 is 6.23. The summed E-state index contributed by atoms with van der Waals surface area (Å²) in [6.45, 7) is 19.0. The number of ether oxygens (including phenoxy) is 2. The molecule has 0 spiro atoms. The second-order valence-electron chi connectivity index (χ2n) is 14.7. The van der Waals surface area contributed by atoms with E-state index in [-0.39, 0.29) is 35.0 Å². The Morgan fingerprint density at radius 2 is 1.62 bits per heavy atom. The van der Waals surface area contributed by atoms with Crippen molar-refractivity contribution < 1.29 is 19.1 Å². The summed E-state index contributed by atoms with van der Waals surface area (Å²) in [5.74, 6) is 0.507. The maximum atomic E-state index is 13.4. The molecule has 1 N–H and O–H groups in total. The predicted octanol–water partition coefficient (Wildman–Crippen LogP) is 5.96. The number of nitrogens with zero attached hydrogens (tertiary/aromatic N) is 4. The highest BCUT2D eigenvalue weighted by Crippen LogP contribution is 2.55. The Hall–Kier alpha value is -3.48. The molecular formula is C35H46ClN5O4.